The summed E-state index contributed by atoms with van der Waals surface area (Å²) in [5.74, 6) is -0.908. The lowest BCUT2D eigenvalue weighted by atomic mass is 9.90. The summed E-state index contributed by atoms with van der Waals surface area (Å²) in [6.07, 6.45) is -0.560. The normalized spacial score (nSPS) is 17.9. The van der Waals surface area contributed by atoms with E-state index in [9.17, 15) is 14.7 Å². The van der Waals surface area contributed by atoms with E-state index in [2.05, 4.69) is 5.32 Å². The minimum absolute atomic E-state index is 0.174. The van der Waals surface area contributed by atoms with Gasteiger partial charge in [0.15, 0.2) is 0 Å². The molecule has 1 heterocycles. The molecule has 0 saturated heterocycles. The van der Waals surface area contributed by atoms with Crippen LogP contribution in [-0.2, 0) is 0 Å². The Bertz CT molecular complexity index is 465. The maximum atomic E-state index is 11.6. The average Bonchev–Trinajstić information content (AvgIpc) is 2.54. The van der Waals surface area contributed by atoms with Crippen LogP contribution in [0, 0.1) is 0 Å². The molecule has 4 nitrogen and oxygen atoms in total. The van der Waals surface area contributed by atoms with Crippen molar-refractivity contribution in [2.75, 3.05) is 0 Å². The van der Waals surface area contributed by atoms with Gasteiger partial charge in [-0.2, -0.15) is 0 Å². The minimum Gasteiger partial charge on any atom is -0.393 e. The quantitative estimate of drug-likeness (QED) is 0.731. The van der Waals surface area contributed by atoms with Crippen LogP contribution < -0.4 is 5.32 Å². The van der Waals surface area contributed by atoms with E-state index >= 15 is 0 Å². The SMILES string of the molecule is CC(O)C(C)c1cccc2c1C(=O)NC2=O. The molecular weight excluding hydrogens is 206 g/mol. The van der Waals surface area contributed by atoms with Crippen LogP contribution in [0.4, 0.5) is 0 Å². The zero-order valence-electron chi connectivity index (χ0n) is 9.15. The number of rotatable bonds is 2. The summed E-state index contributed by atoms with van der Waals surface area (Å²) in [7, 11) is 0. The first-order valence-corrected chi connectivity index (χ1v) is 5.19. The van der Waals surface area contributed by atoms with Gasteiger partial charge in [-0.25, -0.2) is 0 Å². The lowest BCUT2D eigenvalue weighted by molar-refractivity contribution is 0.0879. The molecule has 1 aromatic rings. The maximum absolute atomic E-state index is 11.6. The number of aliphatic hydroxyl groups excluding tert-OH is 1. The molecule has 1 aliphatic heterocycles. The van der Waals surface area contributed by atoms with Crippen LogP contribution in [0.5, 0.6) is 0 Å². The Labute approximate surface area is 93.3 Å². The molecule has 2 amide bonds. The molecule has 1 aromatic carbocycles. The van der Waals surface area contributed by atoms with E-state index in [4.69, 9.17) is 0 Å². The van der Waals surface area contributed by atoms with E-state index in [1.165, 1.54) is 0 Å². The standard InChI is InChI=1S/C12H13NO3/c1-6(7(2)14)8-4-3-5-9-10(8)12(16)13-11(9)15/h3-7,14H,1-2H3,(H,13,15,16). The van der Waals surface area contributed by atoms with Crippen LogP contribution in [0.3, 0.4) is 0 Å². The smallest absolute Gasteiger partial charge is 0.259 e. The van der Waals surface area contributed by atoms with Crippen LogP contribution in [0.25, 0.3) is 0 Å². The van der Waals surface area contributed by atoms with E-state index in [1.807, 2.05) is 6.92 Å². The third-order valence-corrected chi connectivity index (χ3v) is 3.01. The number of hydrogen-bond donors (Lipinski definition) is 2. The first-order chi connectivity index (χ1) is 7.52. The monoisotopic (exact) mass is 219 g/mol. The fourth-order valence-electron chi connectivity index (χ4n) is 1.89. The van der Waals surface area contributed by atoms with Crippen molar-refractivity contribution >= 4 is 11.8 Å². The van der Waals surface area contributed by atoms with E-state index < -0.39 is 6.10 Å². The molecule has 2 rings (SSSR count). The van der Waals surface area contributed by atoms with Crippen molar-refractivity contribution in [1.29, 1.82) is 0 Å². The summed E-state index contributed by atoms with van der Waals surface area (Å²) in [5.41, 5.74) is 1.52. The number of amides is 2. The highest BCUT2D eigenvalue weighted by Gasteiger charge is 2.31. The molecule has 4 heteroatoms. The summed E-state index contributed by atoms with van der Waals surface area (Å²) >= 11 is 0. The third kappa shape index (κ3) is 1.51. The van der Waals surface area contributed by atoms with Gasteiger partial charge in [0.05, 0.1) is 17.2 Å². The highest BCUT2D eigenvalue weighted by molar-refractivity contribution is 6.22. The fraction of sp³-hybridized carbons (Fsp3) is 0.333. The number of aliphatic hydroxyl groups is 1. The number of hydrogen-bond acceptors (Lipinski definition) is 3. The van der Waals surface area contributed by atoms with Gasteiger partial charge in [0, 0.05) is 5.92 Å². The zero-order valence-corrected chi connectivity index (χ0v) is 9.15. The first kappa shape index (κ1) is 10.8. The maximum Gasteiger partial charge on any atom is 0.259 e. The molecule has 2 N–H and O–H groups in total. The largest absolute Gasteiger partial charge is 0.393 e. The Balaban J connectivity index is 2.57. The molecule has 84 valence electrons. The molecule has 0 fully saturated rings. The van der Waals surface area contributed by atoms with Crippen molar-refractivity contribution in [3.63, 3.8) is 0 Å². The van der Waals surface area contributed by atoms with Gasteiger partial charge in [-0.15, -0.1) is 0 Å². The number of benzene rings is 1. The predicted molar refractivity (Wildman–Crippen MR) is 58.3 cm³/mol. The van der Waals surface area contributed by atoms with Crippen molar-refractivity contribution < 1.29 is 14.7 Å². The second-order valence-electron chi connectivity index (χ2n) is 4.08. The molecule has 0 spiro atoms. The van der Waals surface area contributed by atoms with E-state index in [-0.39, 0.29) is 17.7 Å². The van der Waals surface area contributed by atoms with E-state index in [0.29, 0.717) is 11.1 Å². The van der Waals surface area contributed by atoms with Crippen LogP contribution in [0.2, 0.25) is 0 Å². The van der Waals surface area contributed by atoms with Crippen LogP contribution in [0.1, 0.15) is 46.0 Å². The lowest BCUT2D eigenvalue weighted by Gasteiger charge is -2.17. The Morgan fingerprint density at radius 2 is 1.88 bits per heavy atom. The molecule has 0 bridgehead atoms. The Hall–Kier alpha value is -1.68. The van der Waals surface area contributed by atoms with Gasteiger partial charge in [-0.3, -0.25) is 14.9 Å². The van der Waals surface area contributed by atoms with Crippen molar-refractivity contribution in [3.8, 4) is 0 Å². The summed E-state index contributed by atoms with van der Waals surface area (Å²) in [5, 5.41) is 11.8. The van der Waals surface area contributed by atoms with Crippen molar-refractivity contribution in [3.05, 3.63) is 34.9 Å². The van der Waals surface area contributed by atoms with Crippen molar-refractivity contribution in [1.82, 2.24) is 5.32 Å². The van der Waals surface area contributed by atoms with E-state index in [1.54, 1.807) is 25.1 Å². The topological polar surface area (TPSA) is 66.4 Å². The van der Waals surface area contributed by atoms with Gasteiger partial charge in [-0.1, -0.05) is 19.1 Å². The second-order valence-corrected chi connectivity index (χ2v) is 4.08. The van der Waals surface area contributed by atoms with Gasteiger partial charge in [0.2, 0.25) is 0 Å². The van der Waals surface area contributed by atoms with Crippen molar-refractivity contribution in [2.24, 2.45) is 0 Å². The fourth-order valence-corrected chi connectivity index (χ4v) is 1.89. The van der Waals surface area contributed by atoms with Crippen LogP contribution in [-0.4, -0.2) is 23.0 Å². The number of nitrogens with one attached hydrogen (secondary N) is 1. The number of fused-ring (bicyclic) bond motifs is 1. The van der Waals surface area contributed by atoms with Gasteiger partial charge >= 0.3 is 0 Å². The molecule has 0 radical (unpaired) electrons. The summed E-state index contributed by atoms with van der Waals surface area (Å²) in [4.78, 5) is 23.0. The predicted octanol–water partition coefficient (Wildman–Crippen LogP) is 1.05. The first-order valence-electron chi connectivity index (χ1n) is 5.19. The van der Waals surface area contributed by atoms with Crippen LogP contribution >= 0.6 is 0 Å². The highest BCUT2D eigenvalue weighted by Crippen LogP contribution is 2.28. The summed E-state index contributed by atoms with van der Waals surface area (Å²) < 4.78 is 0. The average molecular weight is 219 g/mol. The van der Waals surface area contributed by atoms with Gasteiger partial charge in [-0.05, 0) is 18.6 Å². The van der Waals surface area contributed by atoms with Crippen molar-refractivity contribution in [2.45, 2.75) is 25.9 Å². The summed E-state index contributed by atoms with van der Waals surface area (Å²) in [6.45, 7) is 3.50. The minimum atomic E-state index is -0.560. The van der Waals surface area contributed by atoms with Crippen LogP contribution in [0.15, 0.2) is 18.2 Å². The van der Waals surface area contributed by atoms with Gasteiger partial charge in [0.25, 0.3) is 11.8 Å². The molecule has 2 unspecified atom stereocenters. The van der Waals surface area contributed by atoms with E-state index in [0.717, 1.165) is 5.56 Å². The third-order valence-electron chi connectivity index (χ3n) is 3.01. The molecule has 0 aliphatic carbocycles. The molecule has 1 aliphatic rings. The molecular formula is C12H13NO3. The molecule has 0 saturated carbocycles. The Morgan fingerprint density at radius 1 is 1.19 bits per heavy atom. The lowest BCUT2D eigenvalue weighted by Crippen LogP contribution is -2.21. The zero-order chi connectivity index (χ0) is 11.9. The second kappa shape index (κ2) is 3.72. The highest BCUT2D eigenvalue weighted by atomic mass is 16.3. The Kier molecular flexibility index (Phi) is 2.52. The van der Waals surface area contributed by atoms with Gasteiger partial charge in [0.1, 0.15) is 0 Å². The van der Waals surface area contributed by atoms with Gasteiger partial charge < -0.3 is 5.11 Å². The number of carbonyl (C=O) groups is 2. The molecule has 2 atom stereocenters. The summed E-state index contributed by atoms with van der Waals surface area (Å²) in [6, 6.07) is 5.12. The number of imide groups is 1. The Morgan fingerprint density at radius 3 is 2.50 bits per heavy atom. The molecule has 16 heavy (non-hydrogen) atoms. The molecule has 0 aromatic heterocycles. The number of carbonyl (C=O) groups excluding carboxylic acids is 2.